The summed E-state index contributed by atoms with van der Waals surface area (Å²) in [5, 5.41) is 17.6. The average molecular weight is 116 g/mol. The smallest absolute Gasteiger partial charge is 0.182 e. The van der Waals surface area contributed by atoms with Gasteiger partial charge in [-0.15, -0.1) is 0 Å². The van der Waals surface area contributed by atoms with Gasteiger partial charge in [0.2, 0.25) is 0 Å². The molecule has 0 aromatic heterocycles. The van der Waals surface area contributed by atoms with Crippen LogP contribution in [0.4, 0.5) is 0 Å². The monoisotopic (exact) mass is 116 g/mol. The van der Waals surface area contributed by atoms with Gasteiger partial charge in [-0.2, -0.15) is 0 Å². The molecule has 0 radical (unpaired) electrons. The minimum atomic E-state index is -1.59. The molecule has 2 heteroatoms. The highest BCUT2D eigenvalue weighted by Crippen LogP contribution is 2.04. The van der Waals surface area contributed by atoms with Crippen LogP contribution >= 0.6 is 0 Å². The Morgan fingerprint density at radius 3 is 2.12 bits per heavy atom. The Labute approximate surface area is 49.5 Å². The summed E-state index contributed by atoms with van der Waals surface area (Å²) in [4.78, 5) is 0. The molecule has 8 heavy (non-hydrogen) atoms. The third-order valence-corrected chi connectivity index (χ3v) is 0.954. The van der Waals surface area contributed by atoms with Gasteiger partial charge in [0.1, 0.15) is 0 Å². The normalized spacial score (nSPS) is 13.0. The van der Waals surface area contributed by atoms with Crippen molar-refractivity contribution in [3.8, 4) is 0 Å². The van der Waals surface area contributed by atoms with Crippen LogP contribution in [0.2, 0.25) is 0 Å². The van der Waals surface area contributed by atoms with Crippen molar-refractivity contribution in [3.05, 3.63) is 12.2 Å². The van der Waals surface area contributed by atoms with Crippen molar-refractivity contribution >= 4 is 0 Å². The predicted octanol–water partition coefficient (Wildman–Crippen LogP) is 0.653. The van der Waals surface area contributed by atoms with Gasteiger partial charge < -0.3 is 10.2 Å². The highest BCUT2D eigenvalue weighted by Gasteiger charge is 2.13. The standard InChI is InChI=1S/C6H12O2/c1-3-5-6(7,8)4-2/h3,5,7-8H,4H2,1-2H3/b5-3+. The van der Waals surface area contributed by atoms with Crippen molar-refractivity contribution in [2.75, 3.05) is 0 Å². The largest absolute Gasteiger partial charge is 0.362 e. The summed E-state index contributed by atoms with van der Waals surface area (Å²) in [6, 6.07) is 0. The summed E-state index contributed by atoms with van der Waals surface area (Å²) in [6.45, 7) is 3.46. The molecule has 0 heterocycles. The van der Waals surface area contributed by atoms with Crippen LogP contribution in [0.15, 0.2) is 12.2 Å². The molecule has 48 valence electrons. The third kappa shape index (κ3) is 2.77. The molecule has 0 saturated carbocycles. The summed E-state index contributed by atoms with van der Waals surface area (Å²) in [5.74, 6) is -1.59. The second kappa shape index (κ2) is 2.84. The first-order valence-electron chi connectivity index (χ1n) is 2.71. The molecular formula is C6H12O2. The van der Waals surface area contributed by atoms with E-state index in [0.29, 0.717) is 6.42 Å². The van der Waals surface area contributed by atoms with E-state index in [0.717, 1.165) is 0 Å². The minimum absolute atomic E-state index is 0.331. The second-order valence-electron chi connectivity index (χ2n) is 1.73. The zero-order valence-electron chi connectivity index (χ0n) is 5.26. The van der Waals surface area contributed by atoms with Gasteiger partial charge in [0.25, 0.3) is 0 Å². The van der Waals surface area contributed by atoms with Crippen LogP contribution in [0.25, 0.3) is 0 Å². The van der Waals surface area contributed by atoms with Gasteiger partial charge in [-0.25, -0.2) is 0 Å². The van der Waals surface area contributed by atoms with Crippen molar-refractivity contribution < 1.29 is 10.2 Å². The van der Waals surface area contributed by atoms with Gasteiger partial charge in [-0.3, -0.25) is 0 Å². The molecule has 0 aliphatic heterocycles. The molecule has 0 atom stereocenters. The molecule has 0 aromatic rings. The molecule has 0 rings (SSSR count). The lowest BCUT2D eigenvalue weighted by Crippen LogP contribution is -2.22. The zero-order chi connectivity index (χ0) is 6.62. The molecular weight excluding hydrogens is 104 g/mol. The van der Waals surface area contributed by atoms with Gasteiger partial charge in [-0.05, 0) is 13.0 Å². The molecule has 0 aliphatic rings. The summed E-state index contributed by atoms with van der Waals surface area (Å²) in [7, 11) is 0. The van der Waals surface area contributed by atoms with Gasteiger partial charge in [0, 0.05) is 6.42 Å². The van der Waals surface area contributed by atoms with Crippen LogP contribution in [0.1, 0.15) is 20.3 Å². The fourth-order valence-corrected chi connectivity index (χ4v) is 0.385. The molecule has 2 N–H and O–H groups in total. The van der Waals surface area contributed by atoms with Crippen LogP contribution in [-0.2, 0) is 0 Å². The molecule has 0 unspecified atom stereocenters. The van der Waals surface area contributed by atoms with Crippen LogP contribution < -0.4 is 0 Å². The highest BCUT2D eigenvalue weighted by atomic mass is 16.5. The molecule has 0 spiro atoms. The summed E-state index contributed by atoms with van der Waals surface area (Å²) < 4.78 is 0. The van der Waals surface area contributed by atoms with E-state index >= 15 is 0 Å². The van der Waals surface area contributed by atoms with E-state index in [2.05, 4.69) is 0 Å². The van der Waals surface area contributed by atoms with E-state index in [-0.39, 0.29) is 0 Å². The highest BCUT2D eigenvalue weighted by molar-refractivity contribution is 4.90. The molecule has 2 nitrogen and oxygen atoms in total. The Kier molecular flexibility index (Phi) is 2.72. The molecule has 0 aliphatic carbocycles. The average Bonchev–Trinajstić information content (AvgIpc) is 1.67. The number of aliphatic hydroxyl groups is 2. The molecule has 0 bridgehead atoms. The van der Waals surface area contributed by atoms with Crippen molar-refractivity contribution in [2.45, 2.75) is 26.1 Å². The van der Waals surface area contributed by atoms with E-state index in [4.69, 9.17) is 10.2 Å². The van der Waals surface area contributed by atoms with Crippen molar-refractivity contribution in [2.24, 2.45) is 0 Å². The number of rotatable bonds is 2. The van der Waals surface area contributed by atoms with Gasteiger partial charge in [0.15, 0.2) is 5.79 Å². The van der Waals surface area contributed by atoms with Crippen molar-refractivity contribution in [1.82, 2.24) is 0 Å². The maximum Gasteiger partial charge on any atom is 0.182 e. The first kappa shape index (κ1) is 7.66. The lowest BCUT2D eigenvalue weighted by atomic mass is 10.2. The quantitative estimate of drug-likeness (QED) is 0.411. The second-order valence-corrected chi connectivity index (χ2v) is 1.73. The fraction of sp³-hybridized carbons (Fsp3) is 0.667. The van der Waals surface area contributed by atoms with Gasteiger partial charge >= 0.3 is 0 Å². The maximum absolute atomic E-state index is 8.79. The van der Waals surface area contributed by atoms with Crippen LogP contribution in [0.3, 0.4) is 0 Å². The lowest BCUT2D eigenvalue weighted by Gasteiger charge is -2.12. The number of hydrogen-bond acceptors (Lipinski definition) is 2. The summed E-state index contributed by atoms with van der Waals surface area (Å²) in [5.41, 5.74) is 0. The predicted molar refractivity (Wildman–Crippen MR) is 32.3 cm³/mol. The topological polar surface area (TPSA) is 40.5 Å². The van der Waals surface area contributed by atoms with Crippen LogP contribution in [0.5, 0.6) is 0 Å². The number of hydrogen-bond donors (Lipinski definition) is 2. The first-order valence-corrected chi connectivity index (χ1v) is 2.71. The Morgan fingerprint density at radius 2 is 2.00 bits per heavy atom. The van der Waals surface area contributed by atoms with E-state index in [1.807, 2.05) is 0 Å². The maximum atomic E-state index is 8.79. The number of allylic oxidation sites excluding steroid dienone is 1. The summed E-state index contributed by atoms with van der Waals surface area (Å²) in [6.07, 6.45) is 3.30. The molecule has 0 fully saturated rings. The Morgan fingerprint density at radius 1 is 1.50 bits per heavy atom. The van der Waals surface area contributed by atoms with Gasteiger partial charge in [-0.1, -0.05) is 13.0 Å². The van der Waals surface area contributed by atoms with Crippen LogP contribution in [0, 0.1) is 0 Å². The Hall–Kier alpha value is -0.340. The van der Waals surface area contributed by atoms with E-state index in [1.54, 1.807) is 19.9 Å². The Balaban J connectivity index is 3.71. The first-order chi connectivity index (χ1) is 3.62. The lowest BCUT2D eigenvalue weighted by molar-refractivity contribution is -0.119. The van der Waals surface area contributed by atoms with E-state index < -0.39 is 5.79 Å². The van der Waals surface area contributed by atoms with E-state index in [9.17, 15) is 0 Å². The zero-order valence-corrected chi connectivity index (χ0v) is 5.26. The Bertz CT molecular complexity index is 84.5. The summed E-state index contributed by atoms with van der Waals surface area (Å²) >= 11 is 0. The van der Waals surface area contributed by atoms with Gasteiger partial charge in [0.05, 0.1) is 0 Å². The third-order valence-electron chi connectivity index (χ3n) is 0.954. The van der Waals surface area contributed by atoms with Crippen molar-refractivity contribution in [3.63, 3.8) is 0 Å². The van der Waals surface area contributed by atoms with Crippen molar-refractivity contribution in [1.29, 1.82) is 0 Å². The SMILES string of the molecule is C/C=C/C(O)(O)CC. The van der Waals surface area contributed by atoms with E-state index in [1.165, 1.54) is 6.08 Å². The fourth-order valence-electron chi connectivity index (χ4n) is 0.385. The molecule has 0 saturated heterocycles. The molecule has 0 amide bonds. The van der Waals surface area contributed by atoms with Crippen LogP contribution in [-0.4, -0.2) is 16.0 Å². The molecule has 0 aromatic carbocycles. The minimum Gasteiger partial charge on any atom is -0.362 e.